The fraction of sp³-hybridized carbons (Fsp3) is 0.333. The van der Waals surface area contributed by atoms with E-state index in [1.807, 2.05) is 0 Å². The van der Waals surface area contributed by atoms with Crippen LogP contribution >= 0.6 is 0 Å². The molecule has 0 fully saturated rings. The number of benzene rings is 1. The number of hydrogen-bond acceptors (Lipinski definition) is 3. The normalized spacial score (nSPS) is 10.1. The summed E-state index contributed by atoms with van der Waals surface area (Å²) in [6.07, 6.45) is 0. The molecule has 1 rings (SSSR count). The van der Waals surface area contributed by atoms with Gasteiger partial charge in [0.1, 0.15) is 12.4 Å². The lowest BCUT2D eigenvalue weighted by Crippen LogP contribution is -2.38. The number of carbonyl (C=O) groups excluding carboxylic acids is 1. The molecule has 0 atom stereocenters. The Morgan fingerprint density at radius 3 is 2.44 bits per heavy atom. The summed E-state index contributed by atoms with van der Waals surface area (Å²) in [5, 5.41) is 8.73. The summed E-state index contributed by atoms with van der Waals surface area (Å²) in [5.74, 6) is -2.02. The number of halogens is 1. The molecule has 0 saturated heterocycles. The second-order valence-corrected chi connectivity index (χ2v) is 3.62. The first-order chi connectivity index (χ1) is 8.54. The van der Waals surface area contributed by atoms with Crippen LogP contribution in [-0.2, 0) is 9.53 Å². The molecule has 98 valence electrons. The van der Waals surface area contributed by atoms with Gasteiger partial charge in [0.05, 0.1) is 6.61 Å². The van der Waals surface area contributed by atoms with Gasteiger partial charge in [-0.2, -0.15) is 0 Å². The van der Waals surface area contributed by atoms with Gasteiger partial charge in [0.2, 0.25) is 0 Å². The Labute approximate surface area is 104 Å². The van der Waals surface area contributed by atoms with Gasteiger partial charge in [-0.05, 0) is 24.3 Å². The fourth-order valence-electron chi connectivity index (χ4n) is 1.39. The van der Waals surface area contributed by atoms with Gasteiger partial charge >= 0.3 is 5.97 Å². The van der Waals surface area contributed by atoms with Crippen LogP contribution in [0.1, 0.15) is 10.4 Å². The lowest BCUT2D eigenvalue weighted by Gasteiger charge is -2.20. The topological polar surface area (TPSA) is 66.8 Å². The van der Waals surface area contributed by atoms with Gasteiger partial charge in [-0.3, -0.25) is 9.59 Å². The van der Waals surface area contributed by atoms with Gasteiger partial charge < -0.3 is 14.7 Å². The molecule has 0 aliphatic rings. The Morgan fingerprint density at radius 2 is 1.94 bits per heavy atom. The zero-order valence-electron chi connectivity index (χ0n) is 9.93. The van der Waals surface area contributed by atoms with E-state index in [2.05, 4.69) is 0 Å². The maximum Gasteiger partial charge on any atom is 0.323 e. The van der Waals surface area contributed by atoms with E-state index in [4.69, 9.17) is 9.84 Å². The Morgan fingerprint density at radius 1 is 1.33 bits per heavy atom. The van der Waals surface area contributed by atoms with Crippen molar-refractivity contribution in [3.8, 4) is 0 Å². The molecule has 5 nitrogen and oxygen atoms in total. The summed E-state index contributed by atoms with van der Waals surface area (Å²) < 4.78 is 17.5. The standard InChI is InChI=1S/C12H14FNO4/c1-18-7-6-14(8-11(15)16)12(17)9-2-4-10(13)5-3-9/h2-5H,6-8H2,1H3,(H,15,16). The second kappa shape index (κ2) is 6.70. The summed E-state index contributed by atoms with van der Waals surface area (Å²) in [4.78, 5) is 23.8. The number of hydrogen-bond donors (Lipinski definition) is 1. The van der Waals surface area contributed by atoms with Crippen molar-refractivity contribution in [3.63, 3.8) is 0 Å². The summed E-state index contributed by atoms with van der Waals surface area (Å²) in [7, 11) is 1.46. The number of aliphatic carboxylic acids is 1. The number of methoxy groups -OCH3 is 1. The molecule has 0 unspecified atom stereocenters. The average molecular weight is 255 g/mol. The molecule has 1 aromatic rings. The fourth-order valence-corrected chi connectivity index (χ4v) is 1.39. The molecular weight excluding hydrogens is 241 g/mol. The Balaban J connectivity index is 2.80. The second-order valence-electron chi connectivity index (χ2n) is 3.62. The highest BCUT2D eigenvalue weighted by atomic mass is 19.1. The number of rotatable bonds is 6. The van der Waals surface area contributed by atoms with Crippen molar-refractivity contribution in [2.45, 2.75) is 0 Å². The summed E-state index contributed by atoms with van der Waals surface area (Å²) in [5.41, 5.74) is 0.244. The zero-order chi connectivity index (χ0) is 13.5. The molecule has 0 radical (unpaired) electrons. The van der Waals surface area contributed by atoms with Crippen molar-refractivity contribution in [1.82, 2.24) is 4.90 Å². The van der Waals surface area contributed by atoms with E-state index in [-0.39, 0.29) is 18.7 Å². The molecule has 1 N–H and O–H groups in total. The largest absolute Gasteiger partial charge is 0.480 e. The van der Waals surface area contributed by atoms with Crippen LogP contribution in [0.2, 0.25) is 0 Å². The number of carboxylic acid groups (broad SMARTS) is 1. The Hall–Kier alpha value is -1.95. The lowest BCUT2D eigenvalue weighted by molar-refractivity contribution is -0.137. The highest BCUT2D eigenvalue weighted by Gasteiger charge is 2.18. The first kappa shape index (κ1) is 14.1. The molecule has 18 heavy (non-hydrogen) atoms. The van der Waals surface area contributed by atoms with Gasteiger partial charge in [0, 0.05) is 19.2 Å². The molecule has 0 aliphatic heterocycles. The van der Waals surface area contributed by atoms with Gasteiger partial charge in [-0.15, -0.1) is 0 Å². The quantitative estimate of drug-likeness (QED) is 0.823. The van der Waals surface area contributed by atoms with E-state index in [1.165, 1.54) is 19.2 Å². The minimum atomic E-state index is -1.11. The highest BCUT2D eigenvalue weighted by molar-refractivity contribution is 5.95. The minimum Gasteiger partial charge on any atom is -0.480 e. The molecule has 6 heteroatoms. The van der Waals surface area contributed by atoms with E-state index >= 15 is 0 Å². The summed E-state index contributed by atoms with van der Waals surface area (Å²) in [6, 6.07) is 4.95. The van der Waals surface area contributed by atoms with E-state index in [0.717, 1.165) is 17.0 Å². The van der Waals surface area contributed by atoms with Gasteiger partial charge in [-0.25, -0.2) is 4.39 Å². The first-order valence-corrected chi connectivity index (χ1v) is 5.30. The van der Waals surface area contributed by atoms with Gasteiger partial charge in [-0.1, -0.05) is 0 Å². The number of ether oxygens (including phenoxy) is 1. The van der Waals surface area contributed by atoms with E-state index in [0.29, 0.717) is 0 Å². The average Bonchev–Trinajstić information content (AvgIpc) is 2.34. The Kier molecular flexibility index (Phi) is 5.26. The van der Waals surface area contributed by atoms with Crippen LogP contribution in [0.15, 0.2) is 24.3 Å². The SMILES string of the molecule is COCCN(CC(=O)O)C(=O)c1ccc(F)cc1. The molecule has 0 saturated carbocycles. The van der Waals surface area contributed by atoms with Crippen molar-refractivity contribution >= 4 is 11.9 Å². The molecule has 1 amide bonds. The van der Waals surface area contributed by atoms with Crippen LogP contribution in [0.3, 0.4) is 0 Å². The predicted octanol–water partition coefficient (Wildman–Crippen LogP) is 0.999. The number of carboxylic acids is 1. The molecule has 0 spiro atoms. The zero-order valence-corrected chi connectivity index (χ0v) is 9.93. The van der Waals surface area contributed by atoms with Crippen LogP contribution in [0.25, 0.3) is 0 Å². The number of carbonyl (C=O) groups is 2. The van der Waals surface area contributed by atoms with Crippen molar-refractivity contribution in [2.75, 3.05) is 26.8 Å². The molecule has 0 aromatic heterocycles. The third-order valence-corrected chi connectivity index (χ3v) is 2.27. The molecule has 0 bridgehead atoms. The molecule has 0 aliphatic carbocycles. The van der Waals surface area contributed by atoms with E-state index < -0.39 is 24.2 Å². The number of amides is 1. The lowest BCUT2D eigenvalue weighted by atomic mass is 10.2. The van der Waals surface area contributed by atoms with E-state index in [9.17, 15) is 14.0 Å². The van der Waals surface area contributed by atoms with Crippen molar-refractivity contribution in [2.24, 2.45) is 0 Å². The van der Waals surface area contributed by atoms with Crippen LogP contribution in [0.4, 0.5) is 4.39 Å². The first-order valence-electron chi connectivity index (χ1n) is 5.30. The van der Waals surface area contributed by atoms with Crippen LogP contribution in [0, 0.1) is 5.82 Å². The number of nitrogens with zero attached hydrogens (tertiary/aromatic N) is 1. The van der Waals surface area contributed by atoms with Crippen molar-refractivity contribution in [3.05, 3.63) is 35.6 Å². The third kappa shape index (κ3) is 4.14. The maximum absolute atomic E-state index is 12.7. The van der Waals surface area contributed by atoms with Crippen molar-refractivity contribution in [1.29, 1.82) is 0 Å². The molecule has 0 heterocycles. The van der Waals surface area contributed by atoms with Crippen LogP contribution in [0.5, 0.6) is 0 Å². The highest BCUT2D eigenvalue weighted by Crippen LogP contribution is 2.07. The van der Waals surface area contributed by atoms with Crippen molar-refractivity contribution < 1.29 is 23.8 Å². The Bertz CT molecular complexity index is 419. The summed E-state index contributed by atoms with van der Waals surface area (Å²) in [6.45, 7) is -0.0151. The van der Waals surface area contributed by atoms with E-state index in [1.54, 1.807) is 0 Å². The maximum atomic E-state index is 12.7. The summed E-state index contributed by atoms with van der Waals surface area (Å²) >= 11 is 0. The van der Waals surface area contributed by atoms with Crippen LogP contribution in [-0.4, -0.2) is 48.7 Å². The smallest absolute Gasteiger partial charge is 0.323 e. The third-order valence-electron chi connectivity index (χ3n) is 2.27. The minimum absolute atomic E-state index is 0.166. The van der Waals surface area contributed by atoms with Crippen LogP contribution < -0.4 is 0 Å². The monoisotopic (exact) mass is 255 g/mol. The van der Waals surface area contributed by atoms with Gasteiger partial charge in [0.25, 0.3) is 5.91 Å². The molecular formula is C12H14FNO4. The molecule has 1 aromatic carbocycles. The predicted molar refractivity (Wildman–Crippen MR) is 61.8 cm³/mol. The van der Waals surface area contributed by atoms with Gasteiger partial charge in [0.15, 0.2) is 0 Å².